The number of carboxylic acid groups (broad SMARTS) is 1. The lowest BCUT2D eigenvalue weighted by Crippen LogP contribution is -2.44. The Labute approximate surface area is 499 Å². The standard InChI is InChI=1S/C72H125NO8/c1-6-8-10-12-14-16-18-20-22-24-26-28-30-32-33-34-35-36-37-39-41-43-45-47-49-51-53-55-57-59-61-63-70(75)81-68(67-80-72(71(76)77)78-65-64-73(3,4)5)66-79-69(74)62-60-58-56-54-52-50-48-46-44-42-40-38-31-29-27-25-23-21-19-17-15-13-11-9-7-2/h8-11,14-17,20-23,26-29,68,72H,6-7,12-13,18-19,24-25,30-67H2,1-5H3/b10-8-,11-9-,16-14-,17-15-,22-20-,23-21-,28-26-,29-27-. The Morgan fingerprint density at radius 2 is 0.667 bits per heavy atom. The first-order valence-corrected chi connectivity index (χ1v) is 33.4. The van der Waals surface area contributed by atoms with Crippen molar-refractivity contribution in [2.45, 2.75) is 296 Å². The van der Waals surface area contributed by atoms with Crippen molar-refractivity contribution in [1.29, 1.82) is 0 Å². The Hall–Kier alpha value is -3.79. The molecule has 9 nitrogen and oxygen atoms in total. The van der Waals surface area contributed by atoms with Crippen molar-refractivity contribution >= 4 is 17.9 Å². The highest BCUT2D eigenvalue weighted by Crippen LogP contribution is 2.17. The molecule has 0 spiro atoms. The molecular formula is C72H125NO8. The third-order valence-electron chi connectivity index (χ3n) is 14.3. The van der Waals surface area contributed by atoms with Gasteiger partial charge in [0.05, 0.1) is 40.3 Å². The number of hydrogen-bond donors (Lipinski definition) is 0. The molecule has 0 aromatic heterocycles. The van der Waals surface area contributed by atoms with Gasteiger partial charge in [-0.25, -0.2) is 0 Å². The lowest BCUT2D eigenvalue weighted by molar-refractivity contribution is -0.870. The van der Waals surface area contributed by atoms with Crippen LogP contribution in [0.3, 0.4) is 0 Å². The zero-order valence-corrected chi connectivity index (χ0v) is 53.1. The Balaban J connectivity index is 4.13. The number of nitrogens with zero attached hydrogens (tertiary/aromatic N) is 1. The molecule has 0 aliphatic rings. The number of carboxylic acids is 1. The number of aliphatic carboxylic acids is 1. The highest BCUT2D eigenvalue weighted by molar-refractivity contribution is 5.70. The molecule has 0 saturated heterocycles. The zero-order chi connectivity index (χ0) is 59.1. The summed E-state index contributed by atoms with van der Waals surface area (Å²) in [5, 5.41) is 11.8. The minimum absolute atomic E-state index is 0.145. The van der Waals surface area contributed by atoms with Crippen LogP contribution >= 0.6 is 0 Å². The van der Waals surface area contributed by atoms with Gasteiger partial charge in [0.15, 0.2) is 12.4 Å². The average Bonchev–Trinajstić information content (AvgIpc) is 3.44. The smallest absolute Gasteiger partial charge is 0.306 e. The summed E-state index contributed by atoms with van der Waals surface area (Å²) in [5.74, 6) is -2.28. The van der Waals surface area contributed by atoms with Gasteiger partial charge in [0.1, 0.15) is 13.2 Å². The number of allylic oxidation sites excluding steroid dienone is 16. The van der Waals surface area contributed by atoms with Crippen molar-refractivity contribution in [2.75, 3.05) is 47.5 Å². The van der Waals surface area contributed by atoms with Crippen molar-refractivity contribution < 1.29 is 42.9 Å². The molecule has 0 N–H and O–H groups in total. The van der Waals surface area contributed by atoms with Crippen LogP contribution in [-0.4, -0.2) is 82.3 Å². The van der Waals surface area contributed by atoms with Gasteiger partial charge in [-0.1, -0.05) is 278 Å². The number of likely N-dealkylation sites (N-methyl/N-ethyl adjacent to an activating group) is 1. The summed E-state index contributed by atoms with van der Waals surface area (Å²) in [6.07, 6.45) is 81.9. The lowest BCUT2D eigenvalue weighted by atomic mass is 10.0. The molecule has 0 radical (unpaired) electrons. The molecule has 2 atom stereocenters. The summed E-state index contributed by atoms with van der Waals surface area (Å²) in [4.78, 5) is 37.5. The molecular weight excluding hydrogens is 1010 g/mol. The van der Waals surface area contributed by atoms with Gasteiger partial charge in [-0.15, -0.1) is 0 Å². The van der Waals surface area contributed by atoms with E-state index < -0.39 is 24.3 Å². The molecule has 0 aromatic rings. The topological polar surface area (TPSA) is 111 Å². The molecule has 0 rings (SSSR count). The number of ether oxygens (including phenoxy) is 4. The fraction of sp³-hybridized carbons (Fsp3) is 0.736. The van der Waals surface area contributed by atoms with Gasteiger partial charge in [0.2, 0.25) is 0 Å². The number of hydrogen-bond acceptors (Lipinski definition) is 8. The van der Waals surface area contributed by atoms with Crippen LogP contribution < -0.4 is 5.11 Å². The van der Waals surface area contributed by atoms with E-state index in [1.165, 1.54) is 167 Å². The third kappa shape index (κ3) is 63.6. The number of quaternary nitrogens is 1. The molecule has 466 valence electrons. The highest BCUT2D eigenvalue weighted by atomic mass is 16.7. The molecule has 0 fully saturated rings. The largest absolute Gasteiger partial charge is 0.545 e. The first kappa shape index (κ1) is 77.2. The van der Waals surface area contributed by atoms with E-state index in [-0.39, 0.29) is 38.6 Å². The number of rotatable bonds is 61. The van der Waals surface area contributed by atoms with Crippen molar-refractivity contribution in [3.8, 4) is 0 Å². The molecule has 0 aliphatic heterocycles. The van der Waals surface area contributed by atoms with Crippen LogP contribution in [-0.2, 0) is 33.3 Å². The molecule has 2 unspecified atom stereocenters. The number of carbonyl (C=O) groups is 3. The lowest BCUT2D eigenvalue weighted by Gasteiger charge is -2.26. The Kier molecular flexibility index (Phi) is 59.3. The first-order chi connectivity index (χ1) is 39.6. The second-order valence-electron chi connectivity index (χ2n) is 23.3. The summed E-state index contributed by atoms with van der Waals surface area (Å²) < 4.78 is 22.8. The first-order valence-electron chi connectivity index (χ1n) is 33.4. The van der Waals surface area contributed by atoms with Gasteiger partial charge < -0.3 is 33.3 Å². The van der Waals surface area contributed by atoms with Gasteiger partial charge in [0, 0.05) is 12.8 Å². The summed E-state index contributed by atoms with van der Waals surface area (Å²) in [6.45, 7) is 4.55. The van der Waals surface area contributed by atoms with Crippen LogP contribution in [0, 0.1) is 0 Å². The van der Waals surface area contributed by atoms with Crippen LogP contribution in [0.4, 0.5) is 0 Å². The second-order valence-corrected chi connectivity index (χ2v) is 23.3. The van der Waals surface area contributed by atoms with E-state index in [0.29, 0.717) is 17.4 Å². The van der Waals surface area contributed by atoms with E-state index in [1.54, 1.807) is 0 Å². The minimum Gasteiger partial charge on any atom is -0.545 e. The zero-order valence-electron chi connectivity index (χ0n) is 53.1. The molecule has 0 amide bonds. The maximum Gasteiger partial charge on any atom is 0.306 e. The fourth-order valence-corrected chi connectivity index (χ4v) is 9.29. The Morgan fingerprint density at radius 1 is 0.370 bits per heavy atom. The van der Waals surface area contributed by atoms with Gasteiger partial charge >= 0.3 is 11.9 Å². The molecule has 0 saturated carbocycles. The maximum atomic E-state index is 12.9. The Morgan fingerprint density at radius 3 is 0.988 bits per heavy atom. The number of unbranched alkanes of at least 4 members (excludes halogenated alkanes) is 30. The number of carbonyl (C=O) groups excluding carboxylic acids is 3. The summed E-state index contributed by atoms with van der Waals surface area (Å²) in [5.41, 5.74) is 0. The minimum atomic E-state index is -1.63. The van der Waals surface area contributed by atoms with Gasteiger partial charge in [-0.05, 0) is 89.9 Å². The van der Waals surface area contributed by atoms with Gasteiger partial charge in [0.25, 0.3) is 0 Å². The van der Waals surface area contributed by atoms with Crippen molar-refractivity contribution in [1.82, 2.24) is 0 Å². The summed E-state index contributed by atoms with van der Waals surface area (Å²) >= 11 is 0. The molecule has 0 aromatic carbocycles. The van der Waals surface area contributed by atoms with Crippen molar-refractivity contribution in [3.05, 3.63) is 97.2 Å². The fourth-order valence-electron chi connectivity index (χ4n) is 9.29. The third-order valence-corrected chi connectivity index (χ3v) is 14.3. The number of esters is 2. The van der Waals surface area contributed by atoms with Gasteiger partial charge in [-0.2, -0.15) is 0 Å². The average molecular weight is 1130 g/mol. The second kappa shape index (κ2) is 62.3. The van der Waals surface area contributed by atoms with Crippen LogP contribution in [0.5, 0.6) is 0 Å². The maximum absolute atomic E-state index is 12.9. The molecule has 9 heteroatoms. The van der Waals surface area contributed by atoms with Crippen LogP contribution in [0.15, 0.2) is 97.2 Å². The molecule has 81 heavy (non-hydrogen) atoms. The van der Waals surface area contributed by atoms with E-state index >= 15 is 0 Å². The normalized spacial score (nSPS) is 13.3. The van der Waals surface area contributed by atoms with Crippen LogP contribution in [0.2, 0.25) is 0 Å². The predicted molar refractivity (Wildman–Crippen MR) is 343 cm³/mol. The van der Waals surface area contributed by atoms with E-state index in [4.69, 9.17) is 18.9 Å². The van der Waals surface area contributed by atoms with Crippen molar-refractivity contribution in [3.63, 3.8) is 0 Å². The SMILES string of the molecule is CC/C=C\C/C=C\C/C=C\C/C=C\CCCCCCCCCCCCCCCCCCCCC(=O)OC(COC(=O)CCCCCCCCCCCCCC/C=C\C/C=C\C/C=C\C/C=C\CC)COC(OCC[N+](C)(C)C)C(=O)[O-]. The van der Waals surface area contributed by atoms with E-state index in [2.05, 4.69) is 111 Å². The van der Waals surface area contributed by atoms with E-state index in [9.17, 15) is 19.5 Å². The van der Waals surface area contributed by atoms with Gasteiger partial charge in [-0.3, -0.25) is 9.59 Å². The highest BCUT2D eigenvalue weighted by Gasteiger charge is 2.22. The quantitative estimate of drug-likeness (QED) is 0.0195. The van der Waals surface area contributed by atoms with Crippen LogP contribution in [0.25, 0.3) is 0 Å². The molecule has 0 aliphatic carbocycles. The summed E-state index contributed by atoms with van der Waals surface area (Å²) in [7, 11) is 5.93. The predicted octanol–water partition coefficient (Wildman–Crippen LogP) is 19.1. The van der Waals surface area contributed by atoms with E-state index in [0.717, 1.165) is 83.5 Å². The molecule has 0 heterocycles. The Bertz CT molecular complexity index is 1650. The van der Waals surface area contributed by atoms with Crippen LogP contribution in [0.1, 0.15) is 284 Å². The molecule has 0 bridgehead atoms. The monoisotopic (exact) mass is 1130 g/mol. The summed E-state index contributed by atoms with van der Waals surface area (Å²) in [6, 6.07) is 0. The van der Waals surface area contributed by atoms with Crippen molar-refractivity contribution in [2.24, 2.45) is 0 Å². The van der Waals surface area contributed by atoms with E-state index in [1.807, 2.05) is 21.1 Å².